The van der Waals surface area contributed by atoms with E-state index in [1.54, 1.807) is 41.6 Å². The van der Waals surface area contributed by atoms with E-state index in [1.165, 1.54) is 6.20 Å². The highest BCUT2D eigenvalue weighted by Crippen LogP contribution is 2.26. The van der Waals surface area contributed by atoms with Gasteiger partial charge in [0.2, 0.25) is 12.4 Å². The van der Waals surface area contributed by atoms with Gasteiger partial charge in [-0.1, -0.05) is 6.58 Å². The van der Waals surface area contributed by atoms with Gasteiger partial charge in [-0.25, -0.2) is 18.0 Å². The van der Waals surface area contributed by atoms with E-state index in [-0.39, 0.29) is 12.4 Å². The zero-order valence-electron chi connectivity index (χ0n) is 14.4. The molecular formula is C17H19F2N7. The van der Waals surface area contributed by atoms with Crippen LogP contribution in [0.25, 0.3) is 17.3 Å². The Kier molecular flexibility index (Phi) is 4.70. The Morgan fingerprint density at radius 3 is 2.92 bits per heavy atom. The van der Waals surface area contributed by atoms with Crippen LogP contribution in [0.2, 0.25) is 0 Å². The molecule has 136 valence electrons. The fourth-order valence-electron chi connectivity index (χ4n) is 2.70. The van der Waals surface area contributed by atoms with Crippen LogP contribution >= 0.6 is 0 Å². The number of anilines is 2. The first-order chi connectivity index (χ1) is 12.4. The predicted octanol–water partition coefficient (Wildman–Crippen LogP) is 2.85. The van der Waals surface area contributed by atoms with E-state index < -0.39 is 6.43 Å². The molecule has 0 aliphatic heterocycles. The summed E-state index contributed by atoms with van der Waals surface area (Å²) < 4.78 is 28.3. The molecule has 0 saturated carbocycles. The Balaban J connectivity index is 1.90. The van der Waals surface area contributed by atoms with Gasteiger partial charge in [-0.15, -0.1) is 5.10 Å². The molecule has 26 heavy (non-hydrogen) atoms. The van der Waals surface area contributed by atoms with Gasteiger partial charge in [0.15, 0.2) is 5.82 Å². The molecule has 0 atom stereocenters. The minimum atomic E-state index is -2.40. The molecule has 3 rings (SSSR count). The Morgan fingerprint density at radius 1 is 1.46 bits per heavy atom. The van der Waals surface area contributed by atoms with E-state index in [9.17, 15) is 8.78 Å². The molecule has 3 N–H and O–H groups in total. The lowest BCUT2D eigenvalue weighted by Crippen LogP contribution is -2.05. The topological polar surface area (TPSA) is 86.1 Å². The zero-order valence-corrected chi connectivity index (χ0v) is 14.4. The van der Waals surface area contributed by atoms with Crippen LogP contribution < -0.4 is 11.1 Å². The molecule has 3 aromatic rings. The first-order valence-corrected chi connectivity index (χ1v) is 7.92. The Hall–Kier alpha value is -3.23. The van der Waals surface area contributed by atoms with Crippen molar-refractivity contribution in [3.8, 4) is 0 Å². The summed E-state index contributed by atoms with van der Waals surface area (Å²) in [6, 6.07) is 1.86. The predicted molar refractivity (Wildman–Crippen MR) is 98.0 cm³/mol. The van der Waals surface area contributed by atoms with E-state index in [2.05, 4.69) is 27.1 Å². The molecule has 9 heteroatoms. The fraction of sp³-hybridized carbons (Fsp3) is 0.235. The van der Waals surface area contributed by atoms with Crippen LogP contribution in [-0.4, -0.2) is 37.9 Å². The summed E-state index contributed by atoms with van der Waals surface area (Å²) >= 11 is 0. The number of halogens is 2. The molecule has 0 aliphatic carbocycles. The highest BCUT2D eigenvalue weighted by molar-refractivity contribution is 5.89. The molecule has 0 fully saturated rings. The van der Waals surface area contributed by atoms with Gasteiger partial charge in [-0.05, 0) is 30.2 Å². The van der Waals surface area contributed by atoms with Gasteiger partial charge in [0.25, 0.3) is 0 Å². The van der Waals surface area contributed by atoms with Gasteiger partial charge in [0.1, 0.15) is 5.52 Å². The van der Waals surface area contributed by atoms with Gasteiger partial charge in [0, 0.05) is 37.1 Å². The number of fused-ring (bicyclic) bond motifs is 1. The third-order valence-electron chi connectivity index (χ3n) is 4.05. The van der Waals surface area contributed by atoms with Crippen molar-refractivity contribution in [3.05, 3.63) is 47.9 Å². The summed E-state index contributed by atoms with van der Waals surface area (Å²) in [6.45, 7) is 5.82. The van der Waals surface area contributed by atoms with Crippen LogP contribution in [-0.2, 0) is 6.42 Å². The maximum atomic E-state index is 12.6. The van der Waals surface area contributed by atoms with Crippen molar-refractivity contribution in [2.45, 2.75) is 19.8 Å². The standard InChI is InChI=1S/C17H19F2N7/c1-10(4-6-25-11(2)12(9-22-25)8-14(18)19)13-5-7-26-15(13)16(21-3)23-17(20)24-26/h4-7,9,14H,1,8H2,2-3H3,(H3,20,21,23,24)/b6-4-. The monoisotopic (exact) mass is 359 g/mol. The highest BCUT2D eigenvalue weighted by atomic mass is 19.3. The highest BCUT2D eigenvalue weighted by Gasteiger charge is 2.13. The number of hydrogen-bond acceptors (Lipinski definition) is 5. The van der Waals surface area contributed by atoms with Crippen molar-refractivity contribution < 1.29 is 8.78 Å². The third kappa shape index (κ3) is 3.28. The van der Waals surface area contributed by atoms with Gasteiger partial charge in [-0.2, -0.15) is 10.1 Å². The minimum Gasteiger partial charge on any atom is -0.371 e. The summed E-state index contributed by atoms with van der Waals surface area (Å²) in [7, 11) is 1.74. The van der Waals surface area contributed by atoms with Crippen molar-refractivity contribution in [1.29, 1.82) is 0 Å². The maximum absolute atomic E-state index is 12.6. The van der Waals surface area contributed by atoms with Crippen molar-refractivity contribution >= 4 is 29.1 Å². The molecule has 0 bridgehead atoms. The number of nitrogen functional groups attached to an aromatic ring is 1. The van der Waals surface area contributed by atoms with Crippen LogP contribution in [0.1, 0.15) is 16.8 Å². The quantitative estimate of drug-likeness (QED) is 0.661. The van der Waals surface area contributed by atoms with E-state index in [0.29, 0.717) is 22.6 Å². The number of aromatic nitrogens is 5. The Bertz CT molecular complexity index is 985. The second kappa shape index (κ2) is 6.95. The molecule has 3 heterocycles. The van der Waals surface area contributed by atoms with E-state index in [4.69, 9.17) is 5.73 Å². The summed E-state index contributed by atoms with van der Waals surface area (Å²) in [5.41, 5.74) is 9.14. The number of nitrogens with zero attached hydrogens (tertiary/aromatic N) is 5. The largest absolute Gasteiger partial charge is 0.371 e. The lowest BCUT2D eigenvalue weighted by atomic mass is 10.1. The lowest BCUT2D eigenvalue weighted by Gasteiger charge is -2.07. The zero-order chi connectivity index (χ0) is 18.8. The molecule has 0 aromatic carbocycles. The van der Waals surface area contributed by atoms with Gasteiger partial charge in [-0.3, -0.25) is 0 Å². The number of alkyl halides is 2. The molecule has 0 amide bonds. The molecule has 0 saturated heterocycles. The van der Waals surface area contributed by atoms with Crippen LogP contribution in [0.5, 0.6) is 0 Å². The smallest absolute Gasteiger partial charge is 0.242 e. The number of allylic oxidation sites excluding steroid dienone is 2. The summed E-state index contributed by atoms with van der Waals surface area (Å²) in [5.74, 6) is 0.741. The van der Waals surface area contributed by atoms with Crippen molar-refractivity contribution in [2.24, 2.45) is 0 Å². The average molecular weight is 359 g/mol. The van der Waals surface area contributed by atoms with Crippen molar-refractivity contribution in [2.75, 3.05) is 18.1 Å². The normalized spacial score (nSPS) is 11.7. The molecule has 7 nitrogen and oxygen atoms in total. The maximum Gasteiger partial charge on any atom is 0.242 e. The van der Waals surface area contributed by atoms with Gasteiger partial charge >= 0.3 is 0 Å². The minimum absolute atomic E-state index is 0.156. The third-order valence-corrected chi connectivity index (χ3v) is 4.05. The van der Waals surface area contributed by atoms with Crippen LogP contribution in [0.15, 0.2) is 31.1 Å². The number of nitrogens with one attached hydrogen (secondary N) is 1. The summed E-state index contributed by atoms with van der Waals surface area (Å²) in [6.07, 6.45) is 3.96. The van der Waals surface area contributed by atoms with Crippen LogP contribution in [0.4, 0.5) is 20.5 Å². The molecular weight excluding hydrogens is 340 g/mol. The Labute approximate surface area is 148 Å². The second-order valence-electron chi connectivity index (χ2n) is 5.73. The summed E-state index contributed by atoms with van der Waals surface area (Å²) in [5, 5.41) is 11.3. The van der Waals surface area contributed by atoms with Crippen molar-refractivity contribution in [1.82, 2.24) is 24.4 Å². The fourth-order valence-corrected chi connectivity index (χ4v) is 2.70. The summed E-state index contributed by atoms with van der Waals surface area (Å²) in [4.78, 5) is 4.18. The molecule has 0 spiro atoms. The van der Waals surface area contributed by atoms with E-state index in [1.807, 2.05) is 6.07 Å². The average Bonchev–Trinajstić information content (AvgIpc) is 3.16. The van der Waals surface area contributed by atoms with E-state index >= 15 is 0 Å². The molecule has 0 aliphatic rings. The van der Waals surface area contributed by atoms with Gasteiger partial charge in [0.05, 0.1) is 6.20 Å². The molecule has 0 unspecified atom stereocenters. The number of rotatable bonds is 6. The van der Waals surface area contributed by atoms with Gasteiger partial charge < -0.3 is 11.1 Å². The second-order valence-corrected chi connectivity index (χ2v) is 5.73. The SMILES string of the molecule is C=C(/C=C\n1ncc(CC(F)F)c1C)c1ccn2nc(N)nc(NC)c12. The molecule has 3 aromatic heterocycles. The lowest BCUT2D eigenvalue weighted by molar-refractivity contribution is 0.149. The van der Waals surface area contributed by atoms with Crippen LogP contribution in [0.3, 0.4) is 0 Å². The first kappa shape index (κ1) is 17.6. The Morgan fingerprint density at radius 2 is 2.23 bits per heavy atom. The number of nitrogens with two attached hydrogens (primary N) is 1. The number of hydrogen-bond donors (Lipinski definition) is 2. The van der Waals surface area contributed by atoms with Crippen molar-refractivity contribution in [3.63, 3.8) is 0 Å². The van der Waals surface area contributed by atoms with Crippen LogP contribution in [0, 0.1) is 6.92 Å². The van der Waals surface area contributed by atoms with E-state index in [0.717, 1.165) is 11.1 Å². The molecule has 0 radical (unpaired) electrons. The first-order valence-electron chi connectivity index (χ1n) is 7.92.